The first kappa shape index (κ1) is 19.4. The minimum absolute atomic E-state index is 0.00525. The molecule has 0 bridgehead atoms. The Balaban J connectivity index is 1.53. The van der Waals surface area contributed by atoms with Gasteiger partial charge in [0.2, 0.25) is 5.95 Å². The zero-order valence-electron chi connectivity index (χ0n) is 16.7. The highest BCUT2D eigenvalue weighted by Crippen LogP contribution is 2.29. The predicted molar refractivity (Wildman–Crippen MR) is 112 cm³/mol. The third kappa shape index (κ3) is 3.71. The number of aryl methyl sites for hydroxylation is 1. The van der Waals surface area contributed by atoms with E-state index in [1.165, 1.54) is 0 Å². The summed E-state index contributed by atoms with van der Waals surface area (Å²) in [6, 6.07) is 1.94. The van der Waals surface area contributed by atoms with Gasteiger partial charge in [-0.3, -0.25) is 9.59 Å². The maximum absolute atomic E-state index is 12.8. The lowest BCUT2D eigenvalue weighted by atomic mass is 9.92. The van der Waals surface area contributed by atoms with E-state index in [9.17, 15) is 9.59 Å². The number of piperidine rings is 1. The molecular formula is C19H23N7O2S. The number of aromatic amines is 1. The third-order valence-electron chi connectivity index (χ3n) is 5.31. The second-order valence-corrected chi connectivity index (χ2v) is 8.14. The molecule has 4 heterocycles. The lowest BCUT2D eigenvalue weighted by Gasteiger charge is -2.31. The van der Waals surface area contributed by atoms with Crippen LogP contribution >= 0.6 is 11.5 Å². The molecule has 0 unspecified atom stereocenters. The molecule has 1 saturated heterocycles. The highest BCUT2D eigenvalue weighted by Gasteiger charge is 2.28. The van der Waals surface area contributed by atoms with Crippen LogP contribution in [0, 0.1) is 0 Å². The number of likely N-dealkylation sites (tertiary alicyclic amines) is 1. The van der Waals surface area contributed by atoms with Crippen molar-refractivity contribution in [2.45, 2.75) is 32.1 Å². The van der Waals surface area contributed by atoms with Crippen molar-refractivity contribution in [3.63, 3.8) is 0 Å². The van der Waals surface area contributed by atoms with Gasteiger partial charge < -0.3 is 14.8 Å². The van der Waals surface area contributed by atoms with Crippen LogP contribution in [0.4, 0.5) is 5.95 Å². The molecule has 4 rings (SSSR count). The number of carbonyl (C=O) groups excluding carboxylic acids is 1. The first-order chi connectivity index (χ1) is 14.0. The van der Waals surface area contributed by atoms with E-state index in [2.05, 4.69) is 24.5 Å². The van der Waals surface area contributed by atoms with Crippen molar-refractivity contribution in [3.8, 4) is 0 Å². The van der Waals surface area contributed by atoms with Crippen LogP contribution in [0.5, 0.6) is 0 Å². The number of anilines is 1. The predicted octanol–water partition coefficient (Wildman–Crippen LogP) is 1.82. The standard InChI is InChI=1S/C19H23N7O2S/c1-4-13-16(29-24-23-13)18(28)26-7-5-11(6-8-26)14-9-15-12(17(27)21-14)10-20-19(22-15)25(2)3/h9-11H,4-8H2,1-3H3,(H,21,27). The minimum atomic E-state index is -0.176. The van der Waals surface area contributed by atoms with Gasteiger partial charge in [0, 0.05) is 45.0 Å². The largest absolute Gasteiger partial charge is 0.347 e. The Morgan fingerprint density at radius 2 is 2.10 bits per heavy atom. The first-order valence-corrected chi connectivity index (χ1v) is 10.4. The molecule has 1 aliphatic heterocycles. The van der Waals surface area contributed by atoms with Crippen LogP contribution in [0.1, 0.15) is 46.7 Å². The molecule has 0 aliphatic carbocycles. The van der Waals surface area contributed by atoms with Gasteiger partial charge in [0.05, 0.1) is 16.6 Å². The molecular weight excluding hydrogens is 390 g/mol. The molecule has 0 saturated carbocycles. The molecule has 10 heteroatoms. The second kappa shape index (κ2) is 7.86. The normalized spacial score (nSPS) is 15.1. The Hall–Kier alpha value is -2.88. The zero-order chi connectivity index (χ0) is 20.5. The molecule has 9 nitrogen and oxygen atoms in total. The zero-order valence-corrected chi connectivity index (χ0v) is 17.5. The van der Waals surface area contributed by atoms with Gasteiger partial charge in [-0.05, 0) is 36.9 Å². The van der Waals surface area contributed by atoms with Gasteiger partial charge in [-0.2, -0.15) is 0 Å². The number of hydrogen-bond acceptors (Lipinski definition) is 8. The fraction of sp³-hybridized carbons (Fsp3) is 0.474. The quantitative estimate of drug-likeness (QED) is 0.695. The van der Waals surface area contributed by atoms with Crippen LogP contribution in [0.15, 0.2) is 17.1 Å². The first-order valence-electron chi connectivity index (χ1n) is 9.65. The Bertz CT molecular complexity index is 1100. The van der Waals surface area contributed by atoms with E-state index >= 15 is 0 Å². The maximum atomic E-state index is 12.8. The SMILES string of the molecule is CCc1nnsc1C(=O)N1CCC(c2cc3nc(N(C)C)ncc3c(=O)[nH]2)CC1. The average Bonchev–Trinajstić information content (AvgIpc) is 3.21. The van der Waals surface area contributed by atoms with Gasteiger partial charge in [-0.25, -0.2) is 9.97 Å². The molecule has 0 radical (unpaired) electrons. The second-order valence-electron chi connectivity index (χ2n) is 7.39. The summed E-state index contributed by atoms with van der Waals surface area (Å²) in [5.74, 6) is 0.754. The van der Waals surface area contributed by atoms with Gasteiger partial charge in [0.25, 0.3) is 11.5 Å². The molecule has 1 N–H and O–H groups in total. The molecule has 3 aromatic rings. The van der Waals surface area contributed by atoms with Crippen molar-refractivity contribution in [3.05, 3.63) is 38.9 Å². The molecule has 1 amide bonds. The van der Waals surface area contributed by atoms with E-state index in [4.69, 9.17) is 0 Å². The summed E-state index contributed by atoms with van der Waals surface area (Å²) >= 11 is 1.16. The number of aromatic nitrogens is 5. The van der Waals surface area contributed by atoms with E-state index in [0.29, 0.717) is 41.2 Å². The van der Waals surface area contributed by atoms with Gasteiger partial charge in [0.1, 0.15) is 4.88 Å². The number of hydrogen-bond donors (Lipinski definition) is 1. The van der Waals surface area contributed by atoms with Crippen LogP contribution < -0.4 is 10.5 Å². The monoisotopic (exact) mass is 413 g/mol. The summed E-state index contributed by atoms with van der Waals surface area (Å²) in [6.45, 7) is 3.25. The number of pyridine rings is 1. The number of fused-ring (bicyclic) bond motifs is 1. The number of nitrogens with one attached hydrogen (secondary N) is 1. The van der Waals surface area contributed by atoms with Crippen molar-refractivity contribution in [2.24, 2.45) is 0 Å². The Morgan fingerprint density at radius 3 is 2.79 bits per heavy atom. The Kier molecular flexibility index (Phi) is 5.27. The van der Waals surface area contributed by atoms with Crippen molar-refractivity contribution < 1.29 is 4.79 Å². The van der Waals surface area contributed by atoms with Crippen LogP contribution in [-0.2, 0) is 6.42 Å². The van der Waals surface area contributed by atoms with Gasteiger partial charge in [-0.15, -0.1) is 5.10 Å². The summed E-state index contributed by atoms with van der Waals surface area (Å²) in [4.78, 5) is 41.3. The molecule has 1 aliphatic rings. The van der Waals surface area contributed by atoms with E-state index in [1.807, 2.05) is 36.9 Å². The fourth-order valence-electron chi connectivity index (χ4n) is 3.63. The number of H-pyrrole nitrogens is 1. The summed E-state index contributed by atoms with van der Waals surface area (Å²) in [5, 5.41) is 4.52. The molecule has 0 aromatic carbocycles. The lowest BCUT2D eigenvalue weighted by molar-refractivity contribution is 0.0715. The number of carbonyl (C=O) groups is 1. The molecule has 0 spiro atoms. The highest BCUT2D eigenvalue weighted by atomic mass is 32.1. The van der Waals surface area contributed by atoms with Crippen LogP contribution in [-0.4, -0.2) is 62.5 Å². The van der Waals surface area contributed by atoms with E-state index in [1.54, 1.807) is 6.20 Å². The Labute approximate surface area is 172 Å². The Morgan fingerprint density at radius 1 is 1.34 bits per heavy atom. The minimum Gasteiger partial charge on any atom is -0.347 e. The van der Waals surface area contributed by atoms with E-state index in [0.717, 1.165) is 35.8 Å². The molecule has 29 heavy (non-hydrogen) atoms. The van der Waals surface area contributed by atoms with Crippen LogP contribution in [0.3, 0.4) is 0 Å². The van der Waals surface area contributed by atoms with Crippen molar-refractivity contribution in [1.29, 1.82) is 0 Å². The summed E-state index contributed by atoms with van der Waals surface area (Å²) < 4.78 is 3.92. The molecule has 0 atom stereocenters. The van der Waals surface area contributed by atoms with Gasteiger partial charge in [0.15, 0.2) is 0 Å². The van der Waals surface area contributed by atoms with Crippen LogP contribution in [0.25, 0.3) is 10.9 Å². The van der Waals surface area contributed by atoms with Gasteiger partial charge in [-0.1, -0.05) is 11.4 Å². The maximum Gasteiger partial charge on any atom is 0.267 e. The smallest absolute Gasteiger partial charge is 0.267 e. The van der Waals surface area contributed by atoms with Gasteiger partial charge >= 0.3 is 0 Å². The summed E-state index contributed by atoms with van der Waals surface area (Å²) in [5.41, 5.74) is 2.10. The number of rotatable bonds is 4. The summed E-state index contributed by atoms with van der Waals surface area (Å²) in [7, 11) is 3.73. The number of amides is 1. The third-order valence-corrected chi connectivity index (χ3v) is 6.06. The molecule has 1 fully saturated rings. The summed E-state index contributed by atoms with van der Waals surface area (Å²) in [6.07, 6.45) is 3.83. The highest BCUT2D eigenvalue weighted by molar-refractivity contribution is 7.08. The van der Waals surface area contributed by atoms with Crippen molar-refractivity contribution >= 4 is 34.3 Å². The van der Waals surface area contributed by atoms with Crippen LogP contribution in [0.2, 0.25) is 0 Å². The topological polar surface area (TPSA) is 108 Å². The lowest BCUT2D eigenvalue weighted by Crippen LogP contribution is -2.38. The van der Waals surface area contributed by atoms with Crippen molar-refractivity contribution in [1.82, 2.24) is 29.4 Å². The van der Waals surface area contributed by atoms with E-state index in [-0.39, 0.29) is 17.4 Å². The van der Waals surface area contributed by atoms with E-state index < -0.39 is 0 Å². The number of nitrogens with zero attached hydrogens (tertiary/aromatic N) is 6. The van der Waals surface area contributed by atoms with Crippen molar-refractivity contribution in [2.75, 3.05) is 32.1 Å². The molecule has 3 aromatic heterocycles. The average molecular weight is 414 g/mol. The molecule has 152 valence electrons. The fourth-order valence-corrected chi connectivity index (χ4v) is 4.35.